The van der Waals surface area contributed by atoms with Gasteiger partial charge in [0, 0.05) is 17.2 Å². The number of halogens is 3. The number of rotatable bonds is 3. The van der Waals surface area contributed by atoms with Gasteiger partial charge < -0.3 is 9.84 Å². The van der Waals surface area contributed by atoms with Crippen LogP contribution in [0.4, 0.5) is 8.78 Å². The minimum absolute atomic E-state index is 0.123. The molecule has 0 fully saturated rings. The maximum atomic E-state index is 13.6. The fourth-order valence-electron chi connectivity index (χ4n) is 1.69. The molecule has 2 rings (SSSR count). The van der Waals surface area contributed by atoms with Crippen LogP contribution in [0.5, 0.6) is 5.75 Å². The molecule has 0 aliphatic rings. The minimum atomic E-state index is -0.533. The van der Waals surface area contributed by atoms with Crippen molar-refractivity contribution in [3.8, 4) is 17.6 Å². The fraction of sp³-hybridized carbons (Fsp3) is 0.125. The summed E-state index contributed by atoms with van der Waals surface area (Å²) >= 11 is 5.88. The second kappa shape index (κ2) is 7.07. The summed E-state index contributed by atoms with van der Waals surface area (Å²) in [5, 5.41) is 8.87. The minimum Gasteiger partial charge on any atom is -0.489 e. The first-order chi connectivity index (χ1) is 10.1. The molecule has 108 valence electrons. The number of aliphatic hydroxyl groups excluding tert-OH is 1. The molecule has 0 radical (unpaired) electrons. The summed E-state index contributed by atoms with van der Waals surface area (Å²) in [6.45, 7) is -0.445. The Morgan fingerprint density at radius 3 is 2.71 bits per heavy atom. The fourth-order valence-corrected chi connectivity index (χ4v) is 1.90. The van der Waals surface area contributed by atoms with Gasteiger partial charge in [-0.3, -0.25) is 0 Å². The van der Waals surface area contributed by atoms with Gasteiger partial charge in [0.25, 0.3) is 0 Å². The van der Waals surface area contributed by atoms with Crippen molar-refractivity contribution in [2.45, 2.75) is 6.61 Å². The van der Waals surface area contributed by atoms with Gasteiger partial charge in [-0.1, -0.05) is 29.5 Å². The van der Waals surface area contributed by atoms with Gasteiger partial charge in [-0.2, -0.15) is 0 Å². The highest BCUT2D eigenvalue weighted by Gasteiger charge is 2.08. The van der Waals surface area contributed by atoms with Gasteiger partial charge in [0.05, 0.1) is 5.02 Å². The van der Waals surface area contributed by atoms with Crippen molar-refractivity contribution in [3.63, 3.8) is 0 Å². The molecule has 0 spiro atoms. The van der Waals surface area contributed by atoms with Crippen LogP contribution in [0.3, 0.4) is 0 Å². The van der Waals surface area contributed by atoms with E-state index in [2.05, 4.69) is 11.8 Å². The van der Waals surface area contributed by atoms with Gasteiger partial charge in [0.1, 0.15) is 30.6 Å². The van der Waals surface area contributed by atoms with E-state index in [0.29, 0.717) is 5.56 Å². The van der Waals surface area contributed by atoms with Crippen LogP contribution in [0, 0.1) is 23.5 Å². The van der Waals surface area contributed by atoms with Gasteiger partial charge >= 0.3 is 0 Å². The van der Waals surface area contributed by atoms with E-state index in [9.17, 15) is 8.78 Å². The zero-order valence-corrected chi connectivity index (χ0v) is 11.6. The first-order valence-electron chi connectivity index (χ1n) is 6.06. The molecule has 1 N–H and O–H groups in total. The second-order valence-electron chi connectivity index (χ2n) is 4.12. The summed E-state index contributed by atoms with van der Waals surface area (Å²) in [5.74, 6) is 4.17. The molecule has 0 aliphatic heterocycles. The third-order valence-electron chi connectivity index (χ3n) is 2.63. The van der Waals surface area contributed by atoms with Crippen molar-refractivity contribution in [2.24, 2.45) is 0 Å². The summed E-state index contributed by atoms with van der Waals surface area (Å²) < 4.78 is 32.4. The smallest absolute Gasteiger partial charge is 0.131 e. The van der Waals surface area contributed by atoms with Crippen LogP contribution in [-0.2, 0) is 6.61 Å². The lowest BCUT2D eigenvalue weighted by Gasteiger charge is -2.09. The Kier molecular flexibility index (Phi) is 5.15. The van der Waals surface area contributed by atoms with Crippen molar-refractivity contribution in [1.82, 2.24) is 0 Å². The molecular weight excluding hydrogens is 298 g/mol. The third-order valence-corrected chi connectivity index (χ3v) is 2.98. The Morgan fingerprint density at radius 1 is 1.19 bits per heavy atom. The molecule has 5 heteroatoms. The Labute approximate surface area is 125 Å². The molecule has 21 heavy (non-hydrogen) atoms. The molecule has 0 unspecified atom stereocenters. The summed E-state index contributed by atoms with van der Waals surface area (Å²) in [7, 11) is 0. The van der Waals surface area contributed by atoms with E-state index >= 15 is 0 Å². The molecule has 0 saturated carbocycles. The summed E-state index contributed by atoms with van der Waals surface area (Å²) in [4.78, 5) is 0. The maximum absolute atomic E-state index is 13.6. The van der Waals surface area contributed by atoms with E-state index < -0.39 is 11.6 Å². The van der Waals surface area contributed by atoms with Gasteiger partial charge in [-0.05, 0) is 24.3 Å². The quantitative estimate of drug-likeness (QED) is 0.879. The molecule has 0 bridgehead atoms. The zero-order chi connectivity index (χ0) is 15.2. The predicted molar refractivity (Wildman–Crippen MR) is 76.1 cm³/mol. The lowest BCUT2D eigenvalue weighted by Crippen LogP contribution is -2.00. The van der Waals surface area contributed by atoms with Gasteiger partial charge in [0.15, 0.2) is 0 Å². The highest BCUT2D eigenvalue weighted by atomic mass is 35.5. The Bertz CT molecular complexity index is 685. The van der Waals surface area contributed by atoms with E-state index in [1.54, 1.807) is 6.07 Å². The standard InChI is InChI=1S/C16H11ClF2O2/c17-15-4-1-5-16(19)14(15)10-21-13-8-11(3-2-6-20)7-12(18)9-13/h1,4-5,7-9,20H,6,10H2. The van der Waals surface area contributed by atoms with Crippen LogP contribution < -0.4 is 4.74 Å². The van der Waals surface area contributed by atoms with Crippen molar-refractivity contribution in [2.75, 3.05) is 6.61 Å². The van der Waals surface area contributed by atoms with Gasteiger partial charge in [-0.25, -0.2) is 8.78 Å². The summed E-state index contributed by atoms with van der Waals surface area (Å²) in [6, 6.07) is 8.19. The van der Waals surface area contributed by atoms with Crippen LogP contribution in [0.2, 0.25) is 5.02 Å². The van der Waals surface area contributed by atoms with E-state index in [-0.39, 0.29) is 29.5 Å². The maximum Gasteiger partial charge on any atom is 0.131 e. The molecule has 0 amide bonds. The highest BCUT2D eigenvalue weighted by Crippen LogP contribution is 2.22. The molecular formula is C16H11ClF2O2. The number of hydrogen-bond donors (Lipinski definition) is 1. The topological polar surface area (TPSA) is 29.5 Å². The Morgan fingerprint density at radius 2 is 2.00 bits per heavy atom. The first-order valence-corrected chi connectivity index (χ1v) is 6.44. The van der Waals surface area contributed by atoms with E-state index in [1.807, 2.05) is 0 Å². The average Bonchev–Trinajstić information content (AvgIpc) is 2.44. The zero-order valence-electron chi connectivity index (χ0n) is 10.9. The second-order valence-corrected chi connectivity index (χ2v) is 4.53. The van der Waals surface area contributed by atoms with Crippen LogP contribution in [0.15, 0.2) is 36.4 Å². The first kappa shape index (κ1) is 15.3. The SMILES string of the molecule is OCC#Cc1cc(F)cc(OCc2c(F)cccc2Cl)c1. The lowest BCUT2D eigenvalue weighted by molar-refractivity contribution is 0.298. The largest absolute Gasteiger partial charge is 0.489 e. The monoisotopic (exact) mass is 308 g/mol. The number of benzene rings is 2. The van der Waals surface area contributed by atoms with E-state index in [0.717, 1.165) is 0 Å². The van der Waals surface area contributed by atoms with E-state index in [1.165, 1.54) is 30.3 Å². The van der Waals surface area contributed by atoms with Crippen molar-refractivity contribution in [1.29, 1.82) is 0 Å². The Balaban J connectivity index is 2.18. The van der Waals surface area contributed by atoms with Crippen LogP contribution >= 0.6 is 11.6 Å². The number of aliphatic hydroxyl groups is 1. The molecule has 0 atom stereocenters. The molecule has 2 aromatic rings. The lowest BCUT2D eigenvalue weighted by atomic mass is 10.2. The van der Waals surface area contributed by atoms with Crippen molar-refractivity contribution >= 4 is 11.6 Å². The summed E-state index contributed by atoms with van der Waals surface area (Å²) in [5.41, 5.74) is 0.560. The van der Waals surface area contributed by atoms with Crippen molar-refractivity contribution in [3.05, 3.63) is 64.2 Å². The van der Waals surface area contributed by atoms with Crippen LogP contribution in [-0.4, -0.2) is 11.7 Å². The van der Waals surface area contributed by atoms with Crippen molar-refractivity contribution < 1.29 is 18.6 Å². The molecule has 0 heterocycles. The summed E-state index contributed by atoms with van der Waals surface area (Å²) in [6.07, 6.45) is 0. The van der Waals surface area contributed by atoms with Gasteiger partial charge in [0.2, 0.25) is 0 Å². The van der Waals surface area contributed by atoms with Crippen LogP contribution in [0.25, 0.3) is 0 Å². The highest BCUT2D eigenvalue weighted by molar-refractivity contribution is 6.31. The molecule has 0 aliphatic carbocycles. The molecule has 0 saturated heterocycles. The predicted octanol–water partition coefficient (Wildman–Crippen LogP) is 3.54. The normalized spacial score (nSPS) is 9.90. The van der Waals surface area contributed by atoms with Crippen LogP contribution in [0.1, 0.15) is 11.1 Å². The third kappa shape index (κ3) is 4.19. The molecule has 2 aromatic carbocycles. The number of hydrogen-bond acceptors (Lipinski definition) is 2. The number of ether oxygens (including phenoxy) is 1. The van der Waals surface area contributed by atoms with Gasteiger partial charge in [-0.15, -0.1) is 0 Å². The van der Waals surface area contributed by atoms with E-state index in [4.69, 9.17) is 21.4 Å². The molecule has 2 nitrogen and oxygen atoms in total. The average molecular weight is 309 g/mol. The Hall–Kier alpha value is -2.09. The molecule has 0 aromatic heterocycles.